The van der Waals surface area contributed by atoms with Crippen molar-refractivity contribution in [1.29, 1.82) is 0 Å². The summed E-state index contributed by atoms with van der Waals surface area (Å²) in [5.74, 6) is 0.853. The van der Waals surface area contributed by atoms with Gasteiger partial charge in [-0.2, -0.15) is 5.10 Å². The third kappa shape index (κ3) is 3.41. The minimum Gasteiger partial charge on any atom is -0.495 e. The second kappa shape index (κ2) is 7.42. The number of carbonyl (C=O) groups is 2. The molecule has 4 rings (SSSR count). The van der Waals surface area contributed by atoms with Crippen molar-refractivity contribution < 1.29 is 14.3 Å². The number of piperidine rings is 1. The number of ether oxygens (including phenoxy) is 1. The van der Waals surface area contributed by atoms with Crippen LogP contribution in [-0.4, -0.2) is 53.7 Å². The number of amides is 2. The Bertz CT molecular complexity index is 812. The Morgan fingerprint density at radius 1 is 1.22 bits per heavy atom. The fourth-order valence-corrected chi connectivity index (χ4v) is 4.12. The zero-order valence-electron chi connectivity index (χ0n) is 15.4. The van der Waals surface area contributed by atoms with Gasteiger partial charge in [0.2, 0.25) is 11.8 Å². The monoisotopic (exact) mass is 368 g/mol. The van der Waals surface area contributed by atoms with Crippen molar-refractivity contribution in [1.82, 2.24) is 15.1 Å². The second-order valence-corrected chi connectivity index (χ2v) is 7.19. The molecular formula is C20H24N4O3. The number of para-hydroxylation sites is 2. The van der Waals surface area contributed by atoms with Crippen LogP contribution in [0.15, 0.2) is 36.5 Å². The van der Waals surface area contributed by atoms with Gasteiger partial charge in [0.1, 0.15) is 5.75 Å². The molecule has 2 aliphatic heterocycles. The number of nitrogens with one attached hydrogen (secondary N) is 1. The molecule has 2 amide bonds. The first-order valence-electron chi connectivity index (χ1n) is 9.39. The summed E-state index contributed by atoms with van der Waals surface area (Å²) in [5, 5.41) is 7.05. The molecule has 2 aromatic rings. The largest absolute Gasteiger partial charge is 0.495 e. The first-order chi connectivity index (χ1) is 13.2. The van der Waals surface area contributed by atoms with E-state index >= 15 is 0 Å². The fourth-order valence-electron chi connectivity index (χ4n) is 4.12. The number of anilines is 1. The maximum atomic E-state index is 13.0. The quantitative estimate of drug-likeness (QED) is 0.897. The number of methoxy groups -OCH3 is 1. The van der Waals surface area contributed by atoms with Crippen LogP contribution in [0.3, 0.4) is 0 Å². The van der Waals surface area contributed by atoms with Gasteiger partial charge in [-0.3, -0.25) is 14.7 Å². The van der Waals surface area contributed by atoms with Gasteiger partial charge in [0.25, 0.3) is 0 Å². The van der Waals surface area contributed by atoms with Gasteiger partial charge in [0.15, 0.2) is 0 Å². The standard InChI is InChI=1S/C20H24N4O3/c1-27-18-5-3-2-4-17(18)24-13-15(12-19(24)25)20(26)23-10-7-14(8-11-23)16-6-9-21-22-16/h2-6,9,14-15H,7-8,10-13H2,1H3,(H,21,22). The molecule has 0 aliphatic carbocycles. The van der Waals surface area contributed by atoms with Crippen LogP contribution in [0, 0.1) is 5.92 Å². The molecule has 1 unspecified atom stereocenters. The fraction of sp³-hybridized carbons (Fsp3) is 0.450. The highest BCUT2D eigenvalue weighted by atomic mass is 16.5. The Morgan fingerprint density at radius 3 is 2.70 bits per heavy atom. The first-order valence-corrected chi connectivity index (χ1v) is 9.39. The Kier molecular flexibility index (Phi) is 4.83. The van der Waals surface area contributed by atoms with Crippen LogP contribution < -0.4 is 9.64 Å². The van der Waals surface area contributed by atoms with Gasteiger partial charge in [-0.25, -0.2) is 0 Å². The number of likely N-dealkylation sites (tertiary alicyclic amines) is 1. The van der Waals surface area contributed by atoms with E-state index in [1.54, 1.807) is 18.2 Å². The molecule has 0 saturated carbocycles. The molecule has 0 spiro atoms. The number of hydrogen-bond acceptors (Lipinski definition) is 4. The van der Waals surface area contributed by atoms with E-state index in [4.69, 9.17) is 4.74 Å². The molecule has 3 heterocycles. The molecule has 7 heteroatoms. The van der Waals surface area contributed by atoms with E-state index in [0.29, 0.717) is 18.2 Å². The molecule has 7 nitrogen and oxygen atoms in total. The minimum atomic E-state index is -0.286. The Hall–Kier alpha value is -2.83. The molecule has 142 valence electrons. The minimum absolute atomic E-state index is 0.0230. The molecule has 1 atom stereocenters. The molecule has 27 heavy (non-hydrogen) atoms. The normalized spacial score (nSPS) is 20.9. The van der Waals surface area contributed by atoms with Crippen molar-refractivity contribution in [3.05, 3.63) is 42.2 Å². The predicted molar refractivity (Wildman–Crippen MR) is 101 cm³/mol. The zero-order chi connectivity index (χ0) is 18.8. The lowest BCUT2D eigenvalue weighted by atomic mass is 9.93. The average Bonchev–Trinajstić information content (AvgIpc) is 3.37. The van der Waals surface area contributed by atoms with Crippen LogP contribution in [-0.2, 0) is 9.59 Å². The zero-order valence-corrected chi connectivity index (χ0v) is 15.4. The lowest BCUT2D eigenvalue weighted by Gasteiger charge is -2.33. The summed E-state index contributed by atoms with van der Waals surface area (Å²) < 4.78 is 5.37. The maximum absolute atomic E-state index is 13.0. The third-order valence-electron chi connectivity index (χ3n) is 5.62. The van der Waals surface area contributed by atoms with Crippen LogP contribution in [0.1, 0.15) is 30.9 Å². The number of hydrogen-bond donors (Lipinski definition) is 1. The van der Waals surface area contributed by atoms with E-state index in [1.165, 1.54) is 0 Å². The molecule has 2 fully saturated rings. The Labute approximate surface area is 158 Å². The molecule has 2 saturated heterocycles. The van der Waals surface area contributed by atoms with Crippen LogP contribution in [0.2, 0.25) is 0 Å². The topological polar surface area (TPSA) is 78.5 Å². The summed E-state index contributed by atoms with van der Waals surface area (Å²) in [4.78, 5) is 29.1. The number of carbonyl (C=O) groups excluding carboxylic acids is 2. The summed E-state index contributed by atoms with van der Waals surface area (Å²) in [6, 6.07) is 9.44. The van der Waals surface area contributed by atoms with Crippen LogP contribution in [0.25, 0.3) is 0 Å². The van der Waals surface area contributed by atoms with Crippen LogP contribution in [0.4, 0.5) is 5.69 Å². The molecule has 1 aromatic heterocycles. The van der Waals surface area contributed by atoms with Crippen molar-refractivity contribution in [3.8, 4) is 5.75 Å². The van der Waals surface area contributed by atoms with Gasteiger partial charge in [0, 0.05) is 43.9 Å². The Morgan fingerprint density at radius 2 is 2.00 bits per heavy atom. The summed E-state index contributed by atoms with van der Waals surface area (Å²) >= 11 is 0. The number of rotatable bonds is 4. The van der Waals surface area contributed by atoms with Gasteiger partial charge < -0.3 is 14.5 Å². The molecule has 1 N–H and O–H groups in total. The smallest absolute Gasteiger partial charge is 0.228 e. The number of benzene rings is 1. The summed E-state index contributed by atoms with van der Waals surface area (Å²) in [6.45, 7) is 1.86. The van der Waals surface area contributed by atoms with E-state index in [2.05, 4.69) is 10.2 Å². The number of aromatic amines is 1. The molecule has 1 aromatic carbocycles. The molecule has 0 radical (unpaired) electrons. The maximum Gasteiger partial charge on any atom is 0.228 e. The second-order valence-electron chi connectivity index (χ2n) is 7.19. The number of H-pyrrole nitrogens is 1. The van der Waals surface area contributed by atoms with Crippen molar-refractivity contribution in [2.75, 3.05) is 31.6 Å². The lowest BCUT2D eigenvalue weighted by molar-refractivity contribution is -0.136. The summed E-state index contributed by atoms with van der Waals surface area (Å²) in [6.07, 6.45) is 3.87. The van der Waals surface area contributed by atoms with Gasteiger partial charge in [0.05, 0.1) is 18.7 Å². The van der Waals surface area contributed by atoms with Crippen molar-refractivity contribution in [3.63, 3.8) is 0 Å². The molecule has 2 aliphatic rings. The summed E-state index contributed by atoms with van der Waals surface area (Å²) in [5.41, 5.74) is 1.87. The van der Waals surface area contributed by atoms with Gasteiger partial charge in [-0.15, -0.1) is 0 Å². The number of nitrogens with zero attached hydrogens (tertiary/aromatic N) is 3. The van der Waals surface area contributed by atoms with Crippen LogP contribution in [0.5, 0.6) is 5.75 Å². The van der Waals surface area contributed by atoms with Gasteiger partial charge in [-0.05, 0) is 31.0 Å². The third-order valence-corrected chi connectivity index (χ3v) is 5.62. The van der Waals surface area contributed by atoms with E-state index in [9.17, 15) is 9.59 Å². The highest BCUT2D eigenvalue weighted by Gasteiger charge is 2.39. The van der Waals surface area contributed by atoms with E-state index in [1.807, 2.05) is 35.2 Å². The first kappa shape index (κ1) is 17.6. The highest BCUT2D eigenvalue weighted by molar-refractivity contribution is 6.01. The van der Waals surface area contributed by atoms with Crippen molar-refractivity contribution in [2.45, 2.75) is 25.2 Å². The van der Waals surface area contributed by atoms with E-state index < -0.39 is 0 Å². The predicted octanol–water partition coefficient (Wildman–Crippen LogP) is 2.18. The van der Waals surface area contributed by atoms with E-state index in [0.717, 1.165) is 37.3 Å². The number of aromatic nitrogens is 2. The summed E-state index contributed by atoms with van der Waals surface area (Å²) in [7, 11) is 1.59. The average molecular weight is 368 g/mol. The van der Waals surface area contributed by atoms with Crippen molar-refractivity contribution in [2.24, 2.45) is 5.92 Å². The molecular weight excluding hydrogens is 344 g/mol. The van der Waals surface area contributed by atoms with Crippen LogP contribution >= 0.6 is 0 Å². The van der Waals surface area contributed by atoms with Crippen molar-refractivity contribution >= 4 is 17.5 Å². The SMILES string of the molecule is COc1ccccc1N1CC(C(=O)N2CCC(c3ccn[nH]3)CC2)CC1=O. The Balaban J connectivity index is 1.40. The lowest BCUT2D eigenvalue weighted by Crippen LogP contribution is -2.42. The van der Waals surface area contributed by atoms with Gasteiger partial charge in [-0.1, -0.05) is 12.1 Å². The van der Waals surface area contributed by atoms with E-state index in [-0.39, 0.29) is 24.2 Å². The van der Waals surface area contributed by atoms with Gasteiger partial charge >= 0.3 is 0 Å². The highest BCUT2D eigenvalue weighted by Crippen LogP contribution is 2.34. The molecule has 0 bridgehead atoms.